The van der Waals surface area contributed by atoms with Crippen molar-refractivity contribution in [1.29, 1.82) is 0 Å². The third-order valence-corrected chi connectivity index (χ3v) is 3.64. The fourth-order valence-electron chi connectivity index (χ4n) is 2.52. The summed E-state index contributed by atoms with van der Waals surface area (Å²) in [4.78, 5) is 6.91. The van der Waals surface area contributed by atoms with E-state index in [1.54, 1.807) is 0 Å². The Hall–Kier alpha value is -2.39. The minimum Gasteiger partial charge on any atom is -0.329 e. The summed E-state index contributed by atoms with van der Waals surface area (Å²) in [6.45, 7) is 0.832. The van der Waals surface area contributed by atoms with E-state index >= 15 is 0 Å². The summed E-state index contributed by atoms with van der Waals surface area (Å²) in [5, 5.41) is 4.44. The maximum absolute atomic E-state index is 4.79. The van der Waals surface area contributed by atoms with E-state index in [1.165, 1.54) is 10.9 Å². The number of nitrogens with one attached hydrogen (secondary N) is 1. The van der Waals surface area contributed by atoms with Crippen molar-refractivity contribution in [2.75, 3.05) is 19.0 Å². The van der Waals surface area contributed by atoms with Gasteiger partial charge in [0, 0.05) is 24.7 Å². The van der Waals surface area contributed by atoms with Crippen molar-refractivity contribution in [1.82, 2.24) is 10.3 Å². The van der Waals surface area contributed by atoms with Crippen LogP contribution in [0.3, 0.4) is 0 Å². The lowest BCUT2D eigenvalue weighted by molar-refractivity contribution is 0.822. The van der Waals surface area contributed by atoms with Gasteiger partial charge in [-0.2, -0.15) is 0 Å². The maximum Gasteiger partial charge on any atom is 0.133 e. The Morgan fingerprint density at radius 1 is 1.00 bits per heavy atom. The zero-order valence-electron chi connectivity index (χ0n) is 12.4. The molecule has 1 heterocycles. The van der Waals surface area contributed by atoms with Crippen LogP contribution in [0.15, 0.2) is 60.7 Å². The van der Waals surface area contributed by atoms with E-state index < -0.39 is 0 Å². The molecule has 3 heteroatoms. The van der Waals surface area contributed by atoms with Gasteiger partial charge in [-0.15, -0.1) is 0 Å². The van der Waals surface area contributed by atoms with Crippen LogP contribution in [0, 0.1) is 0 Å². The lowest BCUT2D eigenvalue weighted by Gasteiger charge is -2.20. The fraction of sp³-hybridized carbons (Fsp3) is 0.167. The van der Waals surface area contributed by atoms with Crippen molar-refractivity contribution in [3.05, 3.63) is 66.2 Å². The normalized spacial score (nSPS) is 10.8. The van der Waals surface area contributed by atoms with Crippen LogP contribution in [0.5, 0.6) is 0 Å². The summed E-state index contributed by atoms with van der Waals surface area (Å²) in [6, 6.07) is 20.7. The van der Waals surface area contributed by atoms with E-state index in [1.807, 2.05) is 31.3 Å². The molecule has 0 aliphatic carbocycles. The molecule has 0 fully saturated rings. The van der Waals surface area contributed by atoms with E-state index in [0.717, 1.165) is 23.6 Å². The van der Waals surface area contributed by atoms with Gasteiger partial charge in [-0.1, -0.05) is 36.4 Å². The number of fused-ring (bicyclic) bond motifs is 1. The molecule has 3 rings (SSSR count). The molecular formula is C18H19N3. The highest BCUT2D eigenvalue weighted by Gasteiger charge is 2.09. The first-order valence-corrected chi connectivity index (χ1v) is 7.11. The van der Waals surface area contributed by atoms with Crippen molar-refractivity contribution in [2.24, 2.45) is 0 Å². The molecule has 0 spiro atoms. The average molecular weight is 277 g/mol. The predicted octanol–water partition coefficient (Wildman–Crippen LogP) is 3.72. The molecule has 106 valence electrons. The SMILES string of the molecule is CNCc1cc(N(C)c2ccccc2)nc2ccccc12. The van der Waals surface area contributed by atoms with Crippen LogP contribution in [-0.4, -0.2) is 19.1 Å². The molecule has 0 atom stereocenters. The van der Waals surface area contributed by atoms with E-state index in [4.69, 9.17) is 4.98 Å². The smallest absolute Gasteiger partial charge is 0.133 e. The van der Waals surface area contributed by atoms with E-state index in [2.05, 4.69) is 53.7 Å². The largest absolute Gasteiger partial charge is 0.329 e. The van der Waals surface area contributed by atoms with E-state index in [9.17, 15) is 0 Å². The number of pyridine rings is 1. The second kappa shape index (κ2) is 5.94. The molecule has 0 saturated heterocycles. The highest BCUT2D eigenvalue weighted by atomic mass is 15.2. The van der Waals surface area contributed by atoms with Gasteiger partial charge in [0.15, 0.2) is 0 Å². The van der Waals surface area contributed by atoms with Crippen LogP contribution in [0.2, 0.25) is 0 Å². The molecule has 3 aromatic rings. The zero-order chi connectivity index (χ0) is 14.7. The molecule has 0 amide bonds. The number of hydrogen-bond donors (Lipinski definition) is 1. The van der Waals surface area contributed by atoms with Crippen LogP contribution < -0.4 is 10.2 Å². The summed E-state index contributed by atoms with van der Waals surface area (Å²) < 4.78 is 0. The van der Waals surface area contributed by atoms with Gasteiger partial charge in [-0.25, -0.2) is 4.98 Å². The standard InChI is InChI=1S/C18H19N3/c1-19-13-14-12-18(20-17-11-7-6-10-16(14)17)21(2)15-8-4-3-5-9-15/h3-12,19H,13H2,1-2H3. The van der Waals surface area contributed by atoms with Crippen LogP contribution in [0.25, 0.3) is 10.9 Å². The number of anilines is 2. The lowest BCUT2D eigenvalue weighted by Crippen LogP contribution is -2.13. The van der Waals surface area contributed by atoms with Crippen molar-refractivity contribution >= 4 is 22.4 Å². The molecule has 0 aliphatic heterocycles. The van der Waals surface area contributed by atoms with Gasteiger partial charge < -0.3 is 10.2 Å². The number of benzene rings is 2. The first kappa shape index (κ1) is 13.6. The first-order chi connectivity index (χ1) is 10.3. The molecule has 1 aromatic heterocycles. The summed E-state index contributed by atoms with van der Waals surface area (Å²) in [7, 11) is 4.02. The van der Waals surface area contributed by atoms with Crippen LogP contribution in [0.1, 0.15) is 5.56 Å². The van der Waals surface area contributed by atoms with Crippen molar-refractivity contribution < 1.29 is 0 Å². The second-order valence-electron chi connectivity index (χ2n) is 5.08. The molecule has 3 nitrogen and oxygen atoms in total. The van der Waals surface area contributed by atoms with Gasteiger partial charge in [-0.3, -0.25) is 0 Å². The zero-order valence-corrected chi connectivity index (χ0v) is 12.4. The molecule has 0 unspecified atom stereocenters. The summed E-state index contributed by atoms with van der Waals surface area (Å²) in [5.41, 5.74) is 3.43. The van der Waals surface area contributed by atoms with Gasteiger partial charge in [0.1, 0.15) is 5.82 Å². The maximum atomic E-state index is 4.79. The van der Waals surface area contributed by atoms with Gasteiger partial charge in [0.05, 0.1) is 5.52 Å². The molecule has 0 saturated carbocycles. The second-order valence-corrected chi connectivity index (χ2v) is 5.08. The number of hydrogen-bond acceptors (Lipinski definition) is 3. The molecule has 0 aliphatic rings. The lowest BCUT2D eigenvalue weighted by atomic mass is 10.1. The molecule has 2 aromatic carbocycles. The highest BCUT2D eigenvalue weighted by molar-refractivity contribution is 5.84. The Balaban J connectivity index is 2.10. The summed E-state index contributed by atoms with van der Waals surface area (Å²) in [6.07, 6.45) is 0. The fourth-order valence-corrected chi connectivity index (χ4v) is 2.52. The van der Waals surface area contributed by atoms with Crippen LogP contribution >= 0.6 is 0 Å². The predicted molar refractivity (Wildman–Crippen MR) is 89.0 cm³/mol. The van der Waals surface area contributed by atoms with Gasteiger partial charge >= 0.3 is 0 Å². The van der Waals surface area contributed by atoms with Gasteiger partial charge in [0.2, 0.25) is 0 Å². The third-order valence-electron chi connectivity index (χ3n) is 3.64. The molecule has 0 radical (unpaired) electrons. The number of para-hydroxylation sites is 2. The third kappa shape index (κ3) is 2.73. The average Bonchev–Trinajstić information content (AvgIpc) is 2.55. The van der Waals surface area contributed by atoms with Crippen molar-refractivity contribution in [3.63, 3.8) is 0 Å². The quantitative estimate of drug-likeness (QED) is 0.787. The summed E-state index contributed by atoms with van der Waals surface area (Å²) >= 11 is 0. The Morgan fingerprint density at radius 2 is 1.71 bits per heavy atom. The van der Waals surface area contributed by atoms with E-state index in [-0.39, 0.29) is 0 Å². The van der Waals surface area contributed by atoms with Crippen LogP contribution in [-0.2, 0) is 6.54 Å². The first-order valence-electron chi connectivity index (χ1n) is 7.11. The number of rotatable bonds is 4. The number of aromatic nitrogens is 1. The molecule has 21 heavy (non-hydrogen) atoms. The summed E-state index contributed by atoms with van der Waals surface area (Å²) in [5.74, 6) is 0.963. The highest BCUT2D eigenvalue weighted by Crippen LogP contribution is 2.26. The van der Waals surface area contributed by atoms with Crippen molar-refractivity contribution in [2.45, 2.75) is 6.54 Å². The Kier molecular flexibility index (Phi) is 3.84. The Bertz CT molecular complexity index is 738. The monoisotopic (exact) mass is 277 g/mol. The Labute approximate surface area is 125 Å². The van der Waals surface area contributed by atoms with Gasteiger partial charge in [-0.05, 0) is 36.9 Å². The number of nitrogens with zero attached hydrogens (tertiary/aromatic N) is 2. The van der Waals surface area contributed by atoms with Crippen molar-refractivity contribution in [3.8, 4) is 0 Å². The minimum absolute atomic E-state index is 0.832. The minimum atomic E-state index is 0.832. The molecule has 0 bridgehead atoms. The van der Waals surface area contributed by atoms with Gasteiger partial charge in [0.25, 0.3) is 0 Å². The van der Waals surface area contributed by atoms with Crippen LogP contribution in [0.4, 0.5) is 11.5 Å². The van der Waals surface area contributed by atoms with E-state index in [0.29, 0.717) is 0 Å². The molecular weight excluding hydrogens is 258 g/mol. The Morgan fingerprint density at radius 3 is 2.48 bits per heavy atom. The topological polar surface area (TPSA) is 28.2 Å². The molecule has 1 N–H and O–H groups in total.